The van der Waals surface area contributed by atoms with E-state index in [2.05, 4.69) is 19.2 Å². The number of hydrogen-bond donors (Lipinski definition) is 9. The van der Waals surface area contributed by atoms with Crippen molar-refractivity contribution in [2.24, 2.45) is 0 Å². The SMILES string of the molecule is CCCCCCCCCCCCCCCCCCC(=O)N[C@@H](CO[C@@H]1O[C@H](CO)[C@@H](O[C@@H]2O[C@H](CO)[C@H](O)C(O)C2O)C(O)C1O)[C@H](O)CCCCCCCCCCCCCCCCCC. The van der Waals surface area contributed by atoms with Gasteiger partial charge in [0.15, 0.2) is 12.6 Å². The quantitative estimate of drug-likeness (QED) is 0.0267. The van der Waals surface area contributed by atoms with Crippen molar-refractivity contribution in [3.63, 3.8) is 0 Å². The molecule has 9 N–H and O–H groups in total. The second kappa shape index (κ2) is 39.7. The summed E-state index contributed by atoms with van der Waals surface area (Å²) in [6, 6.07) is -0.821. The molecule has 0 aromatic rings. The van der Waals surface area contributed by atoms with Crippen LogP contribution in [0.5, 0.6) is 0 Å². The third-order valence-electron chi connectivity index (χ3n) is 13.8. The van der Waals surface area contributed by atoms with Gasteiger partial charge in [0.1, 0.15) is 48.8 Å². The van der Waals surface area contributed by atoms with Crippen molar-refractivity contribution in [3.8, 4) is 0 Å². The lowest BCUT2D eigenvalue weighted by molar-refractivity contribution is -0.359. The molecule has 1 amide bonds. The van der Waals surface area contributed by atoms with Crippen molar-refractivity contribution in [2.45, 2.75) is 306 Å². The third kappa shape index (κ3) is 26.3. The Bertz CT molecular complexity index is 1120. The number of rotatable bonds is 43. The monoisotopic (exact) mass is 948 g/mol. The van der Waals surface area contributed by atoms with E-state index in [1.165, 1.54) is 154 Å². The van der Waals surface area contributed by atoms with Crippen LogP contribution in [-0.4, -0.2) is 140 Å². The van der Waals surface area contributed by atoms with E-state index in [1.54, 1.807) is 0 Å². The molecule has 0 bridgehead atoms. The highest BCUT2D eigenvalue weighted by Gasteiger charge is 2.51. The zero-order valence-corrected chi connectivity index (χ0v) is 41.7. The highest BCUT2D eigenvalue weighted by atomic mass is 16.7. The fourth-order valence-electron chi connectivity index (χ4n) is 9.36. The topological polar surface area (TPSA) is 228 Å². The lowest BCUT2D eigenvalue weighted by Crippen LogP contribution is -2.65. The molecule has 14 heteroatoms. The molecule has 0 aliphatic carbocycles. The molecule has 392 valence electrons. The Morgan fingerprint density at radius 3 is 1.29 bits per heavy atom. The first-order chi connectivity index (χ1) is 32.1. The summed E-state index contributed by atoms with van der Waals surface area (Å²) in [5.41, 5.74) is 0. The van der Waals surface area contributed by atoms with Crippen LogP contribution in [0.2, 0.25) is 0 Å². The molecule has 2 aliphatic rings. The van der Waals surface area contributed by atoms with Gasteiger partial charge in [-0.2, -0.15) is 0 Å². The first kappa shape index (κ1) is 61.1. The standard InChI is InChI=1S/C52H101NO13/c1-3-5-7-9-11-13-15-17-19-21-23-25-27-29-31-33-35-41(56)40(53-44(57)36-34-32-30-28-26-24-22-20-18-16-14-12-10-8-6-4-2)39-63-51-49(62)47(60)50(43(38-55)65-51)66-52-48(61)46(59)45(58)42(37-54)64-52/h40-43,45-52,54-56,58-62H,3-39H2,1-2H3,(H,53,57)/t40-,41+,42+,43+,45-,46?,47?,48?,49?,50+,51+,52-/m0/s1. The number of hydrogen-bond acceptors (Lipinski definition) is 13. The summed E-state index contributed by atoms with van der Waals surface area (Å²) in [4.78, 5) is 13.2. The Kier molecular flexibility index (Phi) is 36.7. The van der Waals surface area contributed by atoms with Crippen LogP contribution in [0.25, 0.3) is 0 Å². The van der Waals surface area contributed by atoms with Gasteiger partial charge in [-0.15, -0.1) is 0 Å². The largest absolute Gasteiger partial charge is 0.394 e. The Morgan fingerprint density at radius 1 is 0.485 bits per heavy atom. The molecule has 66 heavy (non-hydrogen) atoms. The maximum absolute atomic E-state index is 13.2. The van der Waals surface area contributed by atoms with Gasteiger partial charge in [-0.3, -0.25) is 4.79 Å². The smallest absolute Gasteiger partial charge is 0.220 e. The number of unbranched alkanes of at least 4 members (excludes halogenated alkanes) is 30. The summed E-state index contributed by atoms with van der Waals surface area (Å²) in [7, 11) is 0. The van der Waals surface area contributed by atoms with Gasteiger partial charge in [-0.05, 0) is 12.8 Å². The highest BCUT2D eigenvalue weighted by molar-refractivity contribution is 5.76. The molecular weight excluding hydrogens is 847 g/mol. The van der Waals surface area contributed by atoms with Crippen LogP contribution >= 0.6 is 0 Å². The minimum atomic E-state index is -1.78. The minimum Gasteiger partial charge on any atom is -0.394 e. The second-order valence-electron chi connectivity index (χ2n) is 19.7. The van der Waals surface area contributed by atoms with Crippen molar-refractivity contribution in [1.82, 2.24) is 5.32 Å². The van der Waals surface area contributed by atoms with Gasteiger partial charge >= 0.3 is 0 Å². The van der Waals surface area contributed by atoms with E-state index in [1.807, 2.05) is 0 Å². The molecule has 0 radical (unpaired) electrons. The molecule has 0 saturated carbocycles. The molecule has 2 fully saturated rings. The summed E-state index contributed by atoms with van der Waals surface area (Å²) >= 11 is 0. The van der Waals surface area contributed by atoms with E-state index in [4.69, 9.17) is 18.9 Å². The van der Waals surface area contributed by atoms with E-state index in [0.717, 1.165) is 51.4 Å². The third-order valence-corrected chi connectivity index (χ3v) is 13.8. The molecule has 12 atom stereocenters. The molecule has 4 unspecified atom stereocenters. The Hall–Kier alpha value is -1.01. The fraction of sp³-hybridized carbons (Fsp3) is 0.981. The van der Waals surface area contributed by atoms with E-state index in [9.17, 15) is 45.6 Å². The maximum atomic E-state index is 13.2. The molecule has 2 rings (SSSR count). The van der Waals surface area contributed by atoms with Gasteiger partial charge in [0, 0.05) is 6.42 Å². The average Bonchev–Trinajstić information content (AvgIpc) is 3.31. The van der Waals surface area contributed by atoms with Crippen molar-refractivity contribution in [1.29, 1.82) is 0 Å². The van der Waals surface area contributed by atoms with Crippen LogP contribution in [0.1, 0.15) is 232 Å². The van der Waals surface area contributed by atoms with Gasteiger partial charge in [0.05, 0.1) is 32.0 Å². The zero-order chi connectivity index (χ0) is 48.2. The lowest BCUT2D eigenvalue weighted by atomic mass is 9.97. The van der Waals surface area contributed by atoms with Crippen molar-refractivity contribution < 1.29 is 64.6 Å². The molecule has 2 heterocycles. The van der Waals surface area contributed by atoms with Gasteiger partial charge in [0.25, 0.3) is 0 Å². The summed E-state index contributed by atoms with van der Waals surface area (Å²) in [6.45, 7) is 2.88. The predicted octanol–water partition coefficient (Wildman–Crippen LogP) is 7.78. The van der Waals surface area contributed by atoms with Crippen LogP contribution < -0.4 is 5.32 Å². The fourth-order valence-corrected chi connectivity index (χ4v) is 9.36. The zero-order valence-electron chi connectivity index (χ0n) is 41.7. The van der Waals surface area contributed by atoms with Crippen LogP contribution in [0.3, 0.4) is 0 Å². The number of aliphatic hydroxyl groups is 8. The van der Waals surface area contributed by atoms with Gasteiger partial charge in [-0.25, -0.2) is 0 Å². The Morgan fingerprint density at radius 2 is 0.864 bits per heavy atom. The average molecular weight is 948 g/mol. The molecule has 0 aromatic carbocycles. The molecule has 0 aromatic heterocycles. The van der Waals surface area contributed by atoms with Crippen LogP contribution in [-0.2, 0) is 23.7 Å². The number of nitrogens with one attached hydrogen (secondary N) is 1. The summed E-state index contributed by atoms with van der Waals surface area (Å²) in [5.74, 6) is -0.202. The van der Waals surface area contributed by atoms with Crippen LogP contribution in [0.4, 0.5) is 0 Å². The second-order valence-corrected chi connectivity index (χ2v) is 19.7. The minimum absolute atomic E-state index is 0.202. The molecule has 0 spiro atoms. The highest BCUT2D eigenvalue weighted by Crippen LogP contribution is 2.30. The number of carbonyl (C=O) groups excluding carboxylic acids is 1. The van der Waals surface area contributed by atoms with Crippen LogP contribution in [0.15, 0.2) is 0 Å². The number of amides is 1. The van der Waals surface area contributed by atoms with E-state index >= 15 is 0 Å². The van der Waals surface area contributed by atoms with E-state index in [0.29, 0.717) is 12.8 Å². The molecule has 2 saturated heterocycles. The lowest BCUT2D eigenvalue weighted by Gasteiger charge is -2.46. The summed E-state index contributed by atoms with van der Waals surface area (Å²) < 4.78 is 22.8. The maximum Gasteiger partial charge on any atom is 0.220 e. The van der Waals surface area contributed by atoms with Crippen molar-refractivity contribution in [2.75, 3.05) is 19.8 Å². The first-order valence-corrected chi connectivity index (χ1v) is 27.3. The number of ether oxygens (including phenoxy) is 4. The predicted molar refractivity (Wildman–Crippen MR) is 259 cm³/mol. The normalized spacial score (nSPS) is 26.7. The summed E-state index contributed by atoms with van der Waals surface area (Å²) in [5, 5.41) is 87.0. The summed E-state index contributed by atoms with van der Waals surface area (Å²) in [6.07, 6.45) is 23.8. The van der Waals surface area contributed by atoms with Gasteiger partial charge in [-0.1, -0.05) is 213 Å². The van der Waals surface area contributed by atoms with Gasteiger partial charge < -0.3 is 65.1 Å². The van der Waals surface area contributed by atoms with E-state index in [-0.39, 0.29) is 12.5 Å². The Labute approximate surface area is 400 Å². The van der Waals surface area contributed by atoms with Crippen LogP contribution in [0, 0.1) is 0 Å². The van der Waals surface area contributed by atoms with Crippen molar-refractivity contribution >= 4 is 5.91 Å². The van der Waals surface area contributed by atoms with E-state index < -0.39 is 86.8 Å². The molecular formula is C52H101NO13. The van der Waals surface area contributed by atoms with Crippen molar-refractivity contribution in [3.05, 3.63) is 0 Å². The van der Waals surface area contributed by atoms with Gasteiger partial charge in [0.2, 0.25) is 5.91 Å². The molecule has 2 aliphatic heterocycles. The molecule has 14 nitrogen and oxygen atoms in total. The number of aliphatic hydroxyl groups excluding tert-OH is 8. The number of carbonyl (C=O) groups is 1. The first-order valence-electron chi connectivity index (χ1n) is 27.3. The Balaban J connectivity index is 1.80.